The molecule has 7 heteroatoms. The summed E-state index contributed by atoms with van der Waals surface area (Å²) in [5.41, 5.74) is 3.07. The van der Waals surface area contributed by atoms with Crippen LogP contribution in [0, 0.1) is 6.92 Å². The number of methoxy groups -OCH3 is 1. The summed E-state index contributed by atoms with van der Waals surface area (Å²) in [6.45, 7) is 9.47. The number of amides is 2. The first-order valence-electron chi connectivity index (χ1n) is 11.1. The van der Waals surface area contributed by atoms with Gasteiger partial charge in [0.1, 0.15) is 17.1 Å². The number of benzene rings is 2. The van der Waals surface area contributed by atoms with Gasteiger partial charge >= 0.3 is 6.03 Å². The summed E-state index contributed by atoms with van der Waals surface area (Å²) in [4.78, 5) is 20.2. The first-order valence-corrected chi connectivity index (χ1v) is 11.1. The topological polar surface area (TPSA) is 78.0 Å². The van der Waals surface area contributed by atoms with Crippen molar-refractivity contribution in [2.24, 2.45) is 4.99 Å². The zero-order valence-electron chi connectivity index (χ0n) is 19.6. The number of aryl methyl sites for hydroxylation is 1. The van der Waals surface area contributed by atoms with E-state index in [9.17, 15) is 4.79 Å². The number of hydrogen-bond donors (Lipinski definition) is 3. The van der Waals surface area contributed by atoms with Gasteiger partial charge in [-0.15, -0.1) is 0 Å². The summed E-state index contributed by atoms with van der Waals surface area (Å²) in [6, 6.07) is 13.8. The van der Waals surface area contributed by atoms with Crippen LogP contribution in [0.1, 0.15) is 39.2 Å². The second-order valence-electron chi connectivity index (χ2n) is 9.67. The summed E-state index contributed by atoms with van der Waals surface area (Å²) in [5.74, 6) is 1.53. The maximum atomic E-state index is 13.3. The number of hydrogen-bond acceptors (Lipinski definition) is 4. The molecule has 1 atom stereocenters. The Balaban J connectivity index is 1.63. The van der Waals surface area contributed by atoms with Crippen LogP contribution in [-0.4, -0.2) is 48.0 Å². The smallest absolute Gasteiger partial charge is 0.322 e. The normalized spacial score (nSPS) is 21.5. The van der Waals surface area contributed by atoms with Crippen molar-refractivity contribution in [3.63, 3.8) is 0 Å². The number of nitrogens with zero attached hydrogens (tertiary/aromatic N) is 2. The minimum Gasteiger partial charge on any atom is -0.495 e. The third-order valence-corrected chi connectivity index (χ3v) is 5.83. The van der Waals surface area contributed by atoms with Crippen LogP contribution in [0.5, 0.6) is 5.75 Å². The van der Waals surface area contributed by atoms with Crippen molar-refractivity contribution in [3.8, 4) is 5.75 Å². The van der Waals surface area contributed by atoms with Crippen LogP contribution in [0.4, 0.5) is 21.9 Å². The number of fused-ring (bicyclic) bond motifs is 1. The lowest BCUT2D eigenvalue weighted by atomic mass is 9.85. The number of anilines is 3. The predicted octanol–water partition coefficient (Wildman–Crippen LogP) is 5.10. The highest BCUT2D eigenvalue weighted by Gasteiger charge is 2.45. The van der Waals surface area contributed by atoms with Crippen molar-refractivity contribution in [3.05, 3.63) is 48.0 Å². The van der Waals surface area contributed by atoms with Gasteiger partial charge in [0.25, 0.3) is 0 Å². The number of likely N-dealkylation sites (tertiary alicyclic amines) is 1. The first kappa shape index (κ1) is 22.0. The van der Waals surface area contributed by atoms with E-state index in [4.69, 9.17) is 9.73 Å². The van der Waals surface area contributed by atoms with Crippen molar-refractivity contribution in [2.45, 2.75) is 51.6 Å². The Labute approximate surface area is 190 Å². The van der Waals surface area contributed by atoms with Gasteiger partial charge in [-0.2, -0.15) is 0 Å². The average molecular weight is 436 g/mol. The molecule has 2 amide bonds. The number of carbonyl (C=O) groups is 1. The molecule has 0 aliphatic carbocycles. The van der Waals surface area contributed by atoms with E-state index in [0.717, 1.165) is 35.6 Å². The monoisotopic (exact) mass is 435 g/mol. The largest absolute Gasteiger partial charge is 0.495 e. The minimum atomic E-state index is -0.464. The summed E-state index contributed by atoms with van der Waals surface area (Å²) >= 11 is 0. The highest BCUT2D eigenvalue weighted by atomic mass is 16.5. The van der Waals surface area contributed by atoms with Gasteiger partial charge in [0.2, 0.25) is 0 Å². The average Bonchev–Trinajstić information content (AvgIpc) is 2.74. The van der Waals surface area contributed by atoms with Crippen molar-refractivity contribution in [1.29, 1.82) is 0 Å². The fraction of sp³-hybridized carbons (Fsp3) is 0.440. The Kier molecular flexibility index (Phi) is 5.75. The molecule has 4 rings (SSSR count). The van der Waals surface area contributed by atoms with Crippen molar-refractivity contribution in [2.75, 3.05) is 36.1 Å². The van der Waals surface area contributed by atoms with Crippen LogP contribution in [-0.2, 0) is 0 Å². The van der Waals surface area contributed by atoms with Crippen molar-refractivity contribution < 1.29 is 9.53 Å². The highest BCUT2D eigenvalue weighted by Crippen LogP contribution is 2.37. The van der Waals surface area contributed by atoms with Crippen LogP contribution in [0.3, 0.4) is 0 Å². The predicted molar refractivity (Wildman–Crippen MR) is 131 cm³/mol. The van der Waals surface area contributed by atoms with Gasteiger partial charge in [-0.1, -0.05) is 18.2 Å². The van der Waals surface area contributed by atoms with Gasteiger partial charge in [-0.3, -0.25) is 4.99 Å². The fourth-order valence-corrected chi connectivity index (χ4v) is 4.37. The number of para-hydroxylation sites is 2. The summed E-state index contributed by atoms with van der Waals surface area (Å²) in [5, 5.41) is 10.3. The Morgan fingerprint density at radius 1 is 1.19 bits per heavy atom. The molecule has 2 aromatic rings. The Morgan fingerprint density at radius 3 is 2.66 bits per heavy atom. The molecule has 170 valence electrons. The fourth-order valence-electron chi connectivity index (χ4n) is 4.37. The van der Waals surface area contributed by atoms with E-state index in [-0.39, 0.29) is 11.6 Å². The summed E-state index contributed by atoms with van der Waals surface area (Å²) in [6.07, 6.45) is 1.76. The molecule has 1 saturated heterocycles. The standard InChI is InChI=1S/C25H33N5O2/c1-17-11-12-21(32-5)20(15-17)27-23(31)30-14-8-13-25(16-30)22(29-24(2,3)4)26-18-9-6-7-10-19(18)28-25/h6-7,9-12,15,28H,8,13-14,16H2,1-5H3,(H,26,29)(H,27,31). The van der Waals surface area contributed by atoms with Crippen LogP contribution in [0.25, 0.3) is 0 Å². The molecule has 3 N–H and O–H groups in total. The Bertz CT molecular complexity index is 1040. The molecule has 32 heavy (non-hydrogen) atoms. The molecular weight excluding hydrogens is 402 g/mol. The SMILES string of the molecule is COc1ccc(C)cc1NC(=O)N1CCCC2(C1)Nc1ccccc1NC2=NC(C)(C)C. The molecule has 1 unspecified atom stereocenters. The third kappa shape index (κ3) is 4.52. The van der Waals surface area contributed by atoms with Gasteiger partial charge in [0.05, 0.1) is 36.3 Å². The van der Waals surface area contributed by atoms with Gasteiger partial charge in [0.15, 0.2) is 0 Å². The molecule has 2 aromatic carbocycles. The number of carbonyl (C=O) groups excluding carboxylic acids is 1. The maximum absolute atomic E-state index is 13.3. The molecule has 2 aliphatic heterocycles. The second kappa shape index (κ2) is 8.37. The lowest BCUT2D eigenvalue weighted by molar-refractivity contribution is 0.186. The lowest BCUT2D eigenvalue weighted by Gasteiger charge is -2.47. The van der Waals surface area contributed by atoms with Crippen LogP contribution in [0.2, 0.25) is 0 Å². The number of nitrogens with one attached hydrogen (secondary N) is 3. The van der Waals surface area contributed by atoms with E-state index < -0.39 is 5.54 Å². The van der Waals surface area contributed by atoms with Crippen LogP contribution >= 0.6 is 0 Å². The molecule has 1 fully saturated rings. The second-order valence-corrected chi connectivity index (χ2v) is 9.67. The number of ether oxygens (including phenoxy) is 1. The number of piperidine rings is 1. The molecule has 2 heterocycles. The van der Waals surface area contributed by atoms with E-state index in [1.165, 1.54) is 0 Å². The molecule has 0 radical (unpaired) electrons. The molecule has 2 aliphatic rings. The van der Waals surface area contributed by atoms with Crippen molar-refractivity contribution >= 4 is 28.9 Å². The van der Waals surface area contributed by atoms with Gasteiger partial charge < -0.3 is 25.6 Å². The third-order valence-electron chi connectivity index (χ3n) is 5.83. The molecule has 0 aromatic heterocycles. The lowest BCUT2D eigenvalue weighted by Crippen LogP contribution is -2.63. The van der Waals surface area contributed by atoms with Gasteiger partial charge in [-0.05, 0) is 70.4 Å². The highest BCUT2D eigenvalue weighted by molar-refractivity contribution is 6.10. The molecule has 0 bridgehead atoms. The van der Waals surface area contributed by atoms with Crippen LogP contribution in [0.15, 0.2) is 47.5 Å². The summed E-state index contributed by atoms with van der Waals surface area (Å²) < 4.78 is 5.43. The minimum absolute atomic E-state index is 0.135. The van der Waals surface area contributed by atoms with E-state index in [2.05, 4.69) is 42.8 Å². The van der Waals surface area contributed by atoms with E-state index >= 15 is 0 Å². The number of urea groups is 1. The van der Waals surface area contributed by atoms with E-state index in [1.54, 1.807) is 7.11 Å². The zero-order chi connectivity index (χ0) is 22.9. The Hall–Kier alpha value is -3.22. The van der Waals surface area contributed by atoms with E-state index in [0.29, 0.717) is 24.5 Å². The first-order chi connectivity index (χ1) is 15.2. The molecule has 1 spiro atoms. The maximum Gasteiger partial charge on any atom is 0.322 e. The molecule has 0 saturated carbocycles. The zero-order valence-corrected chi connectivity index (χ0v) is 19.6. The summed E-state index contributed by atoms with van der Waals surface area (Å²) in [7, 11) is 1.61. The van der Waals surface area contributed by atoms with Gasteiger partial charge in [0, 0.05) is 6.54 Å². The van der Waals surface area contributed by atoms with Crippen molar-refractivity contribution in [1.82, 2.24) is 4.90 Å². The number of aliphatic imine (C=N–C) groups is 1. The number of amidine groups is 1. The Morgan fingerprint density at radius 2 is 1.94 bits per heavy atom. The molecule has 7 nitrogen and oxygen atoms in total. The quantitative estimate of drug-likeness (QED) is 0.613. The van der Waals surface area contributed by atoms with Crippen LogP contribution < -0.4 is 20.7 Å². The van der Waals surface area contributed by atoms with Gasteiger partial charge in [-0.25, -0.2) is 4.79 Å². The van der Waals surface area contributed by atoms with E-state index in [1.807, 2.05) is 48.2 Å². The molecular formula is C25H33N5O2. The number of rotatable bonds is 2.